The molecule has 0 saturated carbocycles. The van der Waals surface area contributed by atoms with Gasteiger partial charge in [0.1, 0.15) is 0 Å². The average Bonchev–Trinajstić information content (AvgIpc) is 2.88. The minimum absolute atomic E-state index is 0.0233. The third-order valence-corrected chi connectivity index (χ3v) is 4.17. The van der Waals surface area contributed by atoms with Gasteiger partial charge < -0.3 is 15.2 Å². The van der Waals surface area contributed by atoms with Crippen LogP contribution in [0.4, 0.5) is 0 Å². The van der Waals surface area contributed by atoms with Gasteiger partial charge in [-0.25, -0.2) is 4.68 Å². The van der Waals surface area contributed by atoms with Crippen LogP contribution in [0.25, 0.3) is 0 Å². The van der Waals surface area contributed by atoms with E-state index in [2.05, 4.69) is 17.3 Å². The van der Waals surface area contributed by atoms with Crippen molar-refractivity contribution in [3.8, 4) is 5.88 Å². The van der Waals surface area contributed by atoms with Crippen LogP contribution in [0.5, 0.6) is 5.88 Å². The number of ether oxygens (including phenoxy) is 1. The van der Waals surface area contributed by atoms with Crippen molar-refractivity contribution >= 4 is 0 Å². The summed E-state index contributed by atoms with van der Waals surface area (Å²) in [5.41, 5.74) is 3.24. The number of benzene rings is 1. The molecule has 0 aliphatic carbocycles. The summed E-state index contributed by atoms with van der Waals surface area (Å²) < 4.78 is 7.21. The molecule has 1 aromatic carbocycles. The Balaban J connectivity index is 1.97. The lowest BCUT2D eigenvalue weighted by Gasteiger charge is -2.20. The van der Waals surface area contributed by atoms with Crippen LogP contribution in [0.15, 0.2) is 30.3 Å². The van der Waals surface area contributed by atoms with E-state index in [1.807, 2.05) is 44.3 Å². The zero-order valence-electron chi connectivity index (χ0n) is 14.4. The Morgan fingerprint density at radius 3 is 2.61 bits per heavy atom. The van der Waals surface area contributed by atoms with E-state index in [0.717, 1.165) is 29.1 Å². The fourth-order valence-corrected chi connectivity index (χ4v) is 2.75. The highest BCUT2D eigenvalue weighted by atomic mass is 16.5. The summed E-state index contributed by atoms with van der Waals surface area (Å²) in [7, 11) is 3.54. The molecule has 0 aliphatic rings. The van der Waals surface area contributed by atoms with Gasteiger partial charge in [0.15, 0.2) is 0 Å². The van der Waals surface area contributed by atoms with E-state index >= 15 is 0 Å². The highest BCUT2D eigenvalue weighted by Gasteiger charge is 2.19. The highest BCUT2D eigenvalue weighted by Crippen LogP contribution is 2.22. The number of aliphatic hydroxyl groups excluding tert-OH is 1. The number of aromatic nitrogens is 2. The van der Waals surface area contributed by atoms with Crippen molar-refractivity contribution in [2.45, 2.75) is 45.4 Å². The molecular formula is C18H27N3O2. The van der Waals surface area contributed by atoms with E-state index < -0.39 is 6.10 Å². The van der Waals surface area contributed by atoms with Crippen LogP contribution in [0.3, 0.4) is 0 Å². The topological polar surface area (TPSA) is 59.3 Å². The predicted molar refractivity (Wildman–Crippen MR) is 91.6 cm³/mol. The molecule has 0 bridgehead atoms. The molecule has 0 spiro atoms. The smallest absolute Gasteiger partial charge is 0.216 e. The van der Waals surface area contributed by atoms with Gasteiger partial charge in [0.2, 0.25) is 5.88 Å². The summed E-state index contributed by atoms with van der Waals surface area (Å²) in [6, 6.07) is 10.0. The lowest BCUT2D eigenvalue weighted by molar-refractivity contribution is 0.133. The fourth-order valence-electron chi connectivity index (χ4n) is 2.75. The van der Waals surface area contributed by atoms with E-state index in [4.69, 9.17) is 4.74 Å². The molecule has 23 heavy (non-hydrogen) atoms. The monoisotopic (exact) mass is 317 g/mol. The minimum Gasteiger partial charge on any atom is -0.481 e. The van der Waals surface area contributed by atoms with Crippen LogP contribution in [-0.4, -0.2) is 34.1 Å². The number of aliphatic hydroxyl groups is 1. The van der Waals surface area contributed by atoms with Crippen molar-refractivity contribution in [2.75, 3.05) is 7.11 Å². The van der Waals surface area contributed by atoms with E-state index in [-0.39, 0.29) is 6.04 Å². The Labute approximate surface area is 138 Å². The van der Waals surface area contributed by atoms with Gasteiger partial charge in [0.25, 0.3) is 0 Å². The molecule has 0 radical (unpaired) electrons. The number of hydrogen-bond acceptors (Lipinski definition) is 4. The Morgan fingerprint density at radius 2 is 2.00 bits per heavy atom. The Kier molecular flexibility index (Phi) is 6.19. The van der Waals surface area contributed by atoms with Gasteiger partial charge in [-0.2, -0.15) is 5.10 Å². The van der Waals surface area contributed by atoms with Gasteiger partial charge in [-0.05, 0) is 25.3 Å². The predicted octanol–water partition coefficient (Wildman–Crippen LogP) is 2.07. The van der Waals surface area contributed by atoms with Crippen molar-refractivity contribution in [3.05, 3.63) is 47.2 Å². The molecule has 2 atom stereocenters. The van der Waals surface area contributed by atoms with Crippen molar-refractivity contribution in [2.24, 2.45) is 7.05 Å². The highest BCUT2D eigenvalue weighted by molar-refractivity contribution is 5.31. The molecule has 5 nitrogen and oxygen atoms in total. The summed E-state index contributed by atoms with van der Waals surface area (Å²) in [4.78, 5) is 0. The van der Waals surface area contributed by atoms with Crippen LogP contribution in [0.2, 0.25) is 0 Å². The second-order valence-electron chi connectivity index (χ2n) is 5.84. The van der Waals surface area contributed by atoms with Crippen molar-refractivity contribution in [1.29, 1.82) is 0 Å². The van der Waals surface area contributed by atoms with E-state index in [1.54, 1.807) is 11.8 Å². The molecule has 2 N–H and O–H groups in total. The van der Waals surface area contributed by atoms with E-state index in [9.17, 15) is 5.11 Å². The van der Waals surface area contributed by atoms with E-state index in [1.165, 1.54) is 0 Å². The molecule has 1 heterocycles. The van der Waals surface area contributed by atoms with Gasteiger partial charge in [-0.15, -0.1) is 0 Å². The molecule has 2 aromatic rings. The van der Waals surface area contributed by atoms with Crippen molar-refractivity contribution in [3.63, 3.8) is 0 Å². The van der Waals surface area contributed by atoms with Crippen LogP contribution in [0.1, 0.15) is 30.7 Å². The third-order valence-electron chi connectivity index (χ3n) is 4.17. The van der Waals surface area contributed by atoms with Crippen molar-refractivity contribution in [1.82, 2.24) is 15.1 Å². The van der Waals surface area contributed by atoms with Gasteiger partial charge >= 0.3 is 0 Å². The molecule has 0 fully saturated rings. The second-order valence-corrected chi connectivity index (χ2v) is 5.84. The largest absolute Gasteiger partial charge is 0.481 e. The zero-order chi connectivity index (χ0) is 16.8. The fraction of sp³-hybridized carbons (Fsp3) is 0.500. The molecule has 0 saturated heterocycles. The number of nitrogens with one attached hydrogen (secondary N) is 1. The zero-order valence-corrected chi connectivity index (χ0v) is 14.4. The Morgan fingerprint density at radius 1 is 1.30 bits per heavy atom. The first-order chi connectivity index (χ1) is 11.1. The van der Waals surface area contributed by atoms with Crippen LogP contribution >= 0.6 is 0 Å². The number of methoxy groups -OCH3 is 1. The molecule has 2 unspecified atom stereocenters. The summed E-state index contributed by atoms with van der Waals surface area (Å²) >= 11 is 0. The first-order valence-electron chi connectivity index (χ1n) is 8.10. The van der Waals surface area contributed by atoms with Gasteiger partial charge in [0.05, 0.1) is 24.5 Å². The SMILES string of the molecule is CCc1nn(C)c(OC)c1CNC(C)C(O)Cc1ccccc1. The third kappa shape index (κ3) is 4.33. The summed E-state index contributed by atoms with van der Waals surface area (Å²) in [6.07, 6.45) is 1.06. The first kappa shape index (κ1) is 17.5. The van der Waals surface area contributed by atoms with Crippen LogP contribution < -0.4 is 10.1 Å². The van der Waals surface area contributed by atoms with Crippen LogP contribution in [-0.2, 0) is 26.4 Å². The number of hydrogen-bond donors (Lipinski definition) is 2. The number of aryl methyl sites for hydroxylation is 2. The standard InChI is InChI=1S/C18H27N3O2/c1-5-16-15(18(23-4)21(3)20-16)12-19-13(2)17(22)11-14-9-7-6-8-10-14/h6-10,13,17,19,22H,5,11-12H2,1-4H3. The molecular weight excluding hydrogens is 290 g/mol. The maximum atomic E-state index is 10.4. The molecule has 0 amide bonds. The summed E-state index contributed by atoms with van der Waals surface area (Å²) in [5.74, 6) is 0.777. The second kappa shape index (κ2) is 8.13. The normalized spacial score (nSPS) is 13.8. The molecule has 5 heteroatoms. The summed E-state index contributed by atoms with van der Waals surface area (Å²) in [5, 5.41) is 18.3. The van der Waals surface area contributed by atoms with Crippen molar-refractivity contribution < 1.29 is 9.84 Å². The molecule has 126 valence electrons. The molecule has 0 aliphatic heterocycles. The maximum absolute atomic E-state index is 10.4. The average molecular weight is 317 g/mol. The van der Waals surface area contributed by atoms with Gasteiger partial charge in [-0.3, -0.25) is 0 Å². The minimum atomic E-state index is -0.440. The Bertz CT molecular complexity index is 610. The van der Waals surface area contributed by atoms with Gasteiger partial charge in [-0.1, -0.05) is 37.3 Å². The maximum Gasteiger partial charge on any atom is 0.216 e. The summed E-state index contributed by atoms with van der Waals surface area (Å²) in [6.45, 7) is 4.72. The lowest BCUT2D eigenvalue weighted by atomic mass is 10.0. The number of rotatable bonds is 8. The quantitative estimate of drug-likeness (QED) is 0.782. The number of nitrogens with zero attached hydrogens (tertiary/aromatic N) is 2. The van der Waals surface area contributed by atoms with Crippen LogP contribution in [0, 0.1) is 0 Å². The van der Waals surface area contributed by atoms with Gasteiger partial charge in [0, 0.05) is 19.6 Å². The molecule has 2 rings (SSSR count). The Hall–Kier alpha value is -1.85. The lowest BCUT2D eigenvalue weighted by Crippen LogP contribution is -2.38. The molecule has 1 aromatic heterocycles. The van der Waals surface area contributed by atoms with E-state index in [0.29, 0.717) is 13.0 Å². The first-order valence-corrected chi connectivity index (χ1v) is 8.10.